The number of ether oxygens (including phenoxy) is 2. The highest BCUT2D eigenvalue weighted by atomic mass is 16.7. The maximum atomic E-state index is 11.8. The molecule has 0 saturated heterocycles. The van der Waals surface area contributed by atoms with Gasteiger partial charge in [0.05, 0.1) is 6.42 Å². The molecule has 0 spiro atoms. The zero-order valence-electron chi connectivity index (χ0n) is 13.9. The van der Waals surface area contributed by atoms with Crippen LogP contribution >= 0.6 is 0 Å². The van der Waals surface area contributed by atoms with E-state index in [1.807, 2.05) is 20.8 Å². The molecule has 128 valence electrons. The number of carboxylic acid groups (broad SMARTS) is 1. The molecule has 0 unspecified atom stereocenters. The van der Waals surface area contributed by atoms with Gasteiger partial charge in [-0.3, -0.25) is 9.59 Å². The number of hydrogen-bond acceptors (Lipinski definition) is 5. The number of carbonyl (C=O) groups is 3. The predicted octanol–water partition coefficient (Wildman–Crippen LogP) is 2.54. The van der Waals surface area contributed by atoms with Gasteiger partial charge < -0.3 is 19.9 Å². The van der Waals surface area contributed by atoms with Gasteiger partial charge in [0.2, 0.25) is 6.29 Å². The number of carbonyl (C=O) groups excluding carboxylic acids is 2. The molecule has 0 aliphatic heterocycles. The Kier molecular flexibility index (Phi) is 9.21. The molecule has 0 aromatic rings. The molecule has 0 radical (unpaired) electrons. The molecular weight excluding hydrogens is 290 g/mol. The number of aliphatic carboxylic acids is 1. The Balaban J connectivity index is 4.61. The number of alkyl carbamates (subject to hydrolysis) is 1. The summed E-state index contributed by atoms with van der Waals surface area (Å²) in [6.45, 7) is 8.95. The van der Waals surface area contributed by atoms with E-state index >= 15 is 0 Å². The Morgan fingerprint density at radius 1 is 1.09 bits per heavy atom. The largest absolute Gasteiger partial charge is 0.481 e. The van der Waals surface area contributed by atoms with E-state index in [1.165, 1.54) is 6.92 Å². The molecule has 22 heavy (non-hydrogen) atoms. The van der Waals surface area contributed by atoms with Crippen LogP contribution in [0.5, 0.6) is 0 Å². The monoisotopic (exact) mass is 317 g/mol. The molecule has 0 saturated carbocycles. The average molecular weight is 317 g/mol. The fourth-order valence-electron chi connectivity index (χ4n) is 1.95. The van der Waals surface area contributed by atoms with E-state index in [9.17, 15) is 14.4 Å². The van der Waals surface area contributed by atoms with Gasteiger partial charge in [-0.15, -0.1) is 0 Å². The van der Waals surface area contributed by atoms with E-state index < -0.39 is 30.4 Å². The molecule has 1 amide bonds. The Hall–Kier alpha value is -1.79. The van der Waals surface area contributed by atoms with Crippen molar-refractivity contribution in [2.24, 2.45) is 11.8 Å². The quantitative estimate of drug-likeness (QED) is 0.500. The van der Waals surface area contributed by atoms with Crippen molar-refractivity contribution < 1.29 is 29.0 Å². The van der Waals surface area contributed by atoms with Gasteiger partial charge in [-0.25, -0.2) is 4.79 Å². The SMILES string of the molecule is CCC(=O)O[C@H](C)OC(=O)N[C@H](CC(=O)O)[C@H](C)[C@H](C)CC. The van der Waals surface area contributed by atoms with Crippen LogP contribution in [0.15, 0.2) is 0 Å². The first kappa shape index (κ1) is 20.2. The maximum Gasteiger partial charge on any atom is 0.410 e. The molecule has 0 aromatic heterocycles. The van der Waals surface area contributed by atoms with Crippen LogP contribution in [-0.2, 0) is 19.1 Å². The van der Waals surface area contributed by atoms with Gasteiger partial charge in [0, 0.05) is 19.4 Å². The lowest BCUT2D eigenvalue weighted by atomic mass is 9.85. The Morgan fingerprint density at radius 3 is 2.14 bits per heavy atom. The molecule has 2 N–H and O–H groups in total. The Labute approximate surface area is 131 Å². The number of carboxylic acids is 1. The lowest BCUT2D eigenvalue weighted by Gasteiger charge is -2.28. The Morgan fingerprint density at radius 2 is 1.68 bits per heavy atom. The summed E-state index contributed by atoms with van der Waals surface area (Å²) in [4.78, 5) is 33.9. The average Bonchev–Trinajstić information content (AvgIpc) is 2.43. The van der Waals surface area contributed by atoms with Crippen molar-refractivity contribution in [3.8, 4) is 0 Å². The molecular formula is C15H27NO6. The van der Waals surface area contributed by atoms with Gasteiger partial charge in [-0.05, 0) is 11.8 Å². The molecule has 0 heterocycles. The first-order chi connectivity index (χ1) is 10.2. The Bertz CT molecular complexity index is 384. The van der Waals surface area contributed by atoms with Gasteiger partial charge in [0.15, 0.2) is 0 Å². The highest BCUT2D eigenvalue weighted by molar-refractivity contribution is 5.72. The smallest absolute Gasteiger partial charge is 0.410 e. The fourth-order valence-corrected chi connectivity index (χ4v) is 1.95. The first-order valence-electron chi connectivity index (χ1n) is 7.59. The molecule has 4 atom stereocenters. The van der Waals surface area contributed by atoms with Crippen LogP contribution in [0.25, 0.3) is 0 Å². The normalized spacial score (nSPS) is 16.0. The van der Waals surface area contributed by atoms with Crippen molar-refractivity contribution in [1.29, 1.82) is 0 Å². The van der Waals surface area contributed by atoms with Crippen molar-refractivity contribution in [2.75, 3.05) is 0 Å². The fraction of sp³-hybridized carbons (Fsp3) is 0.800. The first-order valence-corrected chi connectivity index (χ1v) is 7.59. The molecule has 7 nitrogen and oxygen atoms in total. The summed E-state index contributed by atoms with van der Waals surface area (Å²) in [6, 6.07) is -0.547. The minimum atomic E-state index is -1.02. The van der Waals surface area contributed by atoms with Crippen molar-refractivity contribution in [2.45, 2.75) is 66.2 Å². The van der Waals surface area contributed by atoms with Crippen molar-refractivity contribution in [3.05, 3.63) is 0 Å². The summed E-state index contributed by atoms with van der Waals surface area (Å²) >= 11 is 0. The summed E-state index contributed by atoms with van der Waals surface area (Å²) in [5.41, 5.74) is 0. The van der Waals surface area contributed by atoms with Crippen LogP contribution in [-0.4, -0.2) is 35.5 Å². The van der Waals surface area contributed by atoms with Crippen LogP contribution in [0, 0.1) is 11.8 Å². The minimum Gasteiger partial charge on any atom is -0.481 e. The van der Waals surface area contributed by atoms with Gasteiger partial charge in [-0.2, -0.15) is 0 Å². The lowest BCUT2D eigenvalue weighted by Crippen LogP contribution is -2.44. The van der Waals surface area contributed by atoms with E-state index in [0.717, 1.165) is 6.42 Å². The van der Waals surface area contributed by atoms with Gasteiger partial charge in [-0.1, -0.05) is 34.1 Å². The third kappa shape index (κ3) is 7.85. The summed E-state index contributed by atoms with van der Waals surface area (Å²) in [6.07, 6.45) is -0.945. The van der Waals surface area contributed by atoms with E-state index in [-0.39, 0.29) is 24.7 Å². The van der Waals surface area contributed by atoms with Gasteiger partial charge in [0.25, 0.3) is 0 Å². The molecule has 0 rings (SSSR count). The van der Waals surface area contributed by atoms with Crippen LogP contribution in [0.2, 0.25) is 0 Å². The van der Waals surface area contributed by atoms with Crippen LogP contribution in [0.4, 0.5) is 4.79 Å². The highest BCUT2D eigenvalue weighted by Gasteiger charge is 2.27. The summed E-state index contributed by atoms with van der Waals surface area (Å²) < 4.78 is 9.74. The van der Waals surface area contributed by atoms with Crippen molar-refractivity contribution >= 4 is 18.0 Å². The van der Waals surface area contributed by atoms with Crippen molar-refractivity contribution in [1.82, 2.24) is 5.32 Å². The van der Waals surface area contributed by atoms with E-state index in [2.05, 4.69) is 5.32 Å². The summed E-state index contributed by atoms with van der Waals surface area (Å²) in [5, 5.41) is 11.5. The van der Waals surface area contributed by atoms with Crippen LogP contribution in [0.3, 0.4) is 0 Å². The second kappa shape index (κ2) is 10.0. The van der Waals surface area contributed by atoms with Crippen molar-refractivity contribution in [3.63, 3.8) is 0 Å². The number of amides is 1. The zero-order valence-corrected chi connectivity index (χ0v) is 13.9. The standard InChI is InChI=1S/C15H27NO6/c1-6-9(3)10(4)12(8-13(17)18)16-15(20)22-11(5)21-14(19)7-2/h9-12H,6-8H2,1-5H3,(H,16,20)(H,17,18)/t9-,10-,11+,12-/m1/s1. The summed E-state index contributed by atoms with van der Waals surface area (Å²) in [7, 11) is 0. The molecule has 0 bridgehead atoms. The lowest BCUT2D eigenvalue weighted by molar-refractivity contribution is -0.164. The predicted molar refractivity (Wildman–Crippen MR) is 80.1 cm³/mol. The molecule has 0 aromatic carbocycles. The van der Waals surface area contributed by atoms with Gasteiger partial charge >= 0.3 is 18.0 Å². The number of hydrogen-bond donors (Lipinski definition) is 2. The van der Waals surface area contributed by atoms with Gasteiger partial charge in [0.1, 0.15) is 0 Å². The van der Waals surface area contributed by atoms with Crippen LogP contribution in [0.1, 0.15) is 53.9 Å². The van der Waals surface area contributed by atoms with E-state index in [1.54, 1.807) is 6.92 Å². The summed E-state index contributed by atoms with van der Waals surface area (Å²) in [5.74, 6) is -1.25. The zero-order chi connectivity index (χ0) is 17.3. The molecule has 0 aliphatic carbocycles. The van der Waals surface area contributed by atoms with E-state index in [4.69, 9.17) is 14.6 Å². The third-order valence-corrected chi connectivity index (χ3v) is 3.73. The second-order valence-corrected chi connectivity index (χ2v) is 5.41. The van der Waals surface area contributed by atoms with E-state index in [0.29, 0.717) is 0 Å². The van der Waals surface area contributed by atoms with Crippen LogP contribution < -0.4 is 5.32 Å². The third-order valence-electron chi connectivity index (χ3n) is 3.73. The number of esters is 1. The second-order valence-electron chi connectivity index (χ2n) is 5.41. The molecule has 0 fully saturated rings. The topological polar surface area (TPSA) is 102 Å². The molecule has 0 aliphatic rings. The highest BCUT2D eigenvalue weighted by Crippen LogP contribution is 2.20. The minimum absolute atomic E-state index is 0.0258. The maximum absolute atomic E-state index is 11.8. The number of nitrogens with one attached hydrogen (secondary N) is 1. The molecule has 7 heteroatoms. The number of rotatable bonds is 9.